The second-order valence-corrected chi connectivity index (χ2v) is 5.99. The number of halogens is 1. The summed E-state index contributed by atoms with van der Waals surface area (Å²) in [7, 11) is 0. The number of nitrogens with one attached hydrogen (secondary N) is 2. The molecule has 122 valence electrons. The monoisotopic (exact) mass is 387 g/mol. The molecule has 0 radical (unpaired) electrons. The van der Waals surface area contributed by atoms with Crippen molar-refractivity contribution < 1.29 is 14.0 Å². The Bertz CT molecular complexity index is 903. The van der Waals surface area contributed by atoms with E-state index in [1.807, 2.05) is 18.2 Å². The highest BCUT2D eigenvalue weighted by atomic mass is 79.9. The molecule has 3 amide bonds. The van der Waals surface area contributed by atoms with E-state index in [9.17, 15) is 9.59 Å². The number of nitrogens with two attached hydrogens (primary N) is 1. The van der Waals surface area contributed by atoms with E-state index in [0.29, 0.717) is 17.8 Å². The molecule has 2 aromatic carbocycles. The molecular formula is C17H14BrN3O3. The lowest BCUT2D eigenvalue weighted by atomic mass is 10.2. The lowest BCUT2D eigenvalue weighted by Gasteiger charge is -2.05. The van der Waals surface area contributed by atoms with Gasteiger partial charge in [-0.15, -0.1) is 0 Å². The van der Waals surface area contributed by atoms with Crippen molar-refractivity contribution in [1.82, 2.24) is 5.32 Å². The summed E-state index contributed by atoms with van der Waals surface area (Å²) in [4.78, 5) is 23.0. The van der Waals surface area contributed by atoms with Gasteiger partial charge in [0.2, 0.25) is 0 Å². The predicted molar refractivity (Wildman–Crippen MR) is 94.7 cm³/mol. The number of fused-ring (bicyclic) bond motifs is 1. The summed E-state index contributed by atoms with van der Waals surface area (Å²) in [5.41, 5.74) is 7.17. The van der Waals surface area contributed by atoms with Crippen molar-refractivity contribution in [2.45, 2.75) is 6.54 Å². The summed E-state index contributed by atoms with van der Waals surface area (Å²) in [5.74, 6) is -0.0404. The maximum absolute atomic E-state index is 12.2. The third kappa shape index (κ3) is 3.57. The Balaban J connectivity index is 1.66. The summed E-state index contributed by atoms with van der Waals surface area (Å²) in [6.07, 6.45) is 0. The summed E-state index contributed by atoms with van der Waals surface area (Å²) < 4.78 is 6.39. The minimum Gasteiger partial charge on any atom is -0.450 e. The van der Waals surface area contributed by atoms with Crippen LogP contribution in [0.5, 0.6) is 0 Å². The Kier molecular flexibility index (Phi) is 4.52. The van der Waals surface area contributed by atoms with Crippen LogP contribution in [0, 0.1) is 0 Å². The van der Waals surface area contributed by atoms with E-state index in [0.717, 1.165) is 15.4 Å². The topological polar surface area (TPSA) is 97.4 Å². The third-order valence-electron chi connectivity index (χ3n) is 3.39. The molecule has 0 unspecified atom stereocenters. The van der Waals surface area contributed by atoms with E-state index in [4.69, 9.17) is 10.2 Å². The zero-order chi connectivity index (χ0) is 17.1. The van der Waals surface area contributed by atoms with Crippen molar-refractivity contribution in [3.8, 4) is 0 Å². The zero-order valence-corrected chi connectivity index (χ0v) is 14.1. The molecule has 0 spiro atoms. The lowest BCUT2D eigenvalue weighted by Crippen LogP contribution is -2.22. The van der Waals surface area contributed by atoms with Crippen molar-refractivity contribution in [2.75, 3.05) is 5.32 Å². The number of hydrogen-bond donors (Lipinski definition) is 3. The molecule has 0 atom stereocenters. The summed E-state index contributed by atoms with van der Waals surface area (Å²) >= 11 is 3.39. The normalized spacial score (nSPS) is 10.5. The summed E-state index contributed by atoms with van der Waals surface area (Å²) in [6, 6.07) is 13.7. The number of benzene rings is 2. The quantitative estimate of drug-likeness (QED) is 0.637. The average molecular weight is 388 g/mol. The molecule has 0 fully saturated rings. The van der Waals surface area contributed by atoms with Gasteiger partial charge < -0.3 is 20.8 Å². The van der Waals surface area contributed by atoms with Crippen LogP contribution in [0.2, 0.25) is 0 Å². The largest absolute Gasteiger partial charge is 0.450 e. The smallest absolute Gasteiger partial charge is 0.316 e. The van der Waals surface area contributed by atoms with Gasteiger partial charge in [0.25, 0.3) is 5.91 Å². The second kappa shape index (κ2) is 6.76. The molecule has 0 aliphatic carbocycles. The van der Waals surface area contributed by atoms with Gasteiger partial charge in [-0.2, -0.15) is 0 Å². The van der Waals surface area contributed by atoms with Gasteiger partial charge in [0.05, 0.1) is 4.47 Å². The molecule has 24 heavy (non-hydrogen) atoms. The van der Waals surface area contributed by atoms with Crippen molar-refractivity contribution >= 4 is 44.5 Å². The van der Waals surface area contributed by atoms with Gasteiger partial charge >= 0.3 is 6.03 Å². The number of carbonyl (C=O) groups excluding carboxylic acids is 2. The van der Waals surface area contributed by atoms with E-state index in [2.05, 4.69) is 26.6 Å². The Labute approximate surface area is 146 Å². The number of anilines is 1. The van der Waals surface area contributed by atoms with Gasteiger partial charge in [-0.05, 0) is 45.8 Å². The molecule has 3 rings (SSSR count). The van der Waals surface area contributed by atoms with Crippen molar-refractivity contribution in [2.24, 2.45) is 5.73 Å². The van der Waals surface area contributed by atoms with Crippen LogP contribution in [0.15, 0.2) is 57.4 Å². The Hall–Kier alpha value is -2.80. The molecule has 7 heteroatoms. The maximum atomic E-state index is 12.2. The van der Waals surface area contributed by atoms with E-state index in [1.54, 1.807) is 30.3 Å². The van der Waals surface area contributed by atoms with Crippen LogP contribution in [0.25, 0.3) is 11.0 Å². The molecule has 0 aliphatic heterocycles. The molecular weight excluding hydrogens is 374 g/mol. The minimum absolute atomic E-state index is 0.254. The van der Waals surface area contributed by atoms with Crippen LogP contribution in [0.3, 0.4) is 0 Å². The second-order valence-electron chi connectivity index (χ2n) is 5.14. The molecule has 4 N–H and O–H groups in total. The number of primary amides is 1. The van der Waals surface area contributed by atoms with Gasteiger partial charge in [-0.3, -0.25) is 4.79 Å². The van der Waals surface area contributed by atoms with Gasteiger partial charge in [0.15, 0.2) is 5.76 Å². The zero-order valence-electron chi connectivity index (χ0n) is 12.5. The van der Waals surface area contributed by atoms with Crippen LogP contribution in [0.1, 0.15) is 16.1 Å². The molecule has 3 aromatic rings. The molecule has 1 heterocycles. The van der Waals surface area contributed by atoms with Crippen LogP contribution < -0.4 is 16.4 Å². The summed E-state index contributed by atoms with van der Waals surface area (Å²) in [5, 5.41) is 6.13. The highest BCUT2D eigenvalue weighted by Gasteiger charge is 2.13. The number of carbonyl (C=O) groups is 2. The first kappa shape index (κ1) is 16.1. The molecule has 6 nitrogen and oxygen atoms in total. The number of amides is 3. The Morgan fingerprint density at radius 1 is 1.12 bits per heavy atom. The Morgan fingerprint density at radius 2 is 1.88 bits per heavy atom. The highest BCUT2D eigenvalue weighted by molar-refractivity contribution is 9.10. The van der Waals surface area contributed by atoms with Crippen molar-refractivity contribution in [1.29, 1.82) is 0 Å². The SMILES string of the molecule is NC(=O)Nc1ccc(CNC(=O)c2cc3cccc(Br)c3o2)cc1. The number of furan rings is 1. The first-order valence-corrected chi connectivity index (χ1v) is 7.94. The molecule has 0 saturated carbocycles. The van der Waals surface area contributed by atoms with Crippen molar-refractivity contribution in [3.63, 3.8) is 0 Å². The van der Waals surface area contributed by atoms with E-state index in [1.165, 1.54) is 0 Å². The maximum Gasteiger partial charge on any atom is 0.316 e. The van der Waals surface area contributed by atoms with Crippen LogP contribution >= 0.6 is 15.9 Å². The Morgan fingerprint density at radius 3 is 2.54 bits per heavy atom. The molecule has 1 aromatic heterocycles. The third-order valence-corrected chi connectivity index (χ3v) is 4.02. The van der Waals surface area contributed by atoms with Gasteiger partial charge in [-0.1, -0.05) is 24.3 Å². The van der Waals surface area contributed by atoms with Crippen LogP contribution in [-0.2, 0) is 6.54 Å². The number of para-hydroxylation sites is 1. The fourth-order valence-corrected chi connectivity index (χ4v) is 2.72. The fourth-order valence-electron chi connectivity index (χ4n) is 2.26. The van der Waals surface area contributed by atoms with Gasteiger partial charge in [0.1, 0.15) is 5.58 Å². The standard InChI is InChI=1S/C17H14BrN3O3/c18-13-3-1-2-11-8-14(24-15(11)13)16(22)20-9-10-4-6-12(7-5-10)21-17(19)23/h1-8H,9H2,(H,20,22)(H3,19,21,23). The predicted octanol–water partition coefficient (Wildman–Crippen LogP) is 3.62. The van der Waals surface area contributed by atoms with E-state index >= 15 is 0 Å². The van der Waals surface area contributed by atoms with Crippen LogP contribution in [-0.4, -0.2) is 11.9 Å². The molecule has 0 saturated heterocycles. The first-order valence-electron chi connectivity index (χ1n) is 7.14. The summed E-state index contributed by atoms with van der Waals surface area (Å²) in [6.45, 7) is 0.341. The average Bonchev–Trinajstić information content (AvgIpc) is 2.99. The fraction of sp³-hybridized carbons (Fsp3) is 0.0588. The van der Waals surface area contributed by atoms with Gasteiger partial charge in [0, 0.05) is 17.6 Å². The van der Waals surface area contributed by atoms with Crippen molar-refractivity contribution in [3.05, 3.63) is 64.3 Å². The number of urea groups is 1. The molecule has 0 aliphatic rings. The molecule has 0 bridgehead atoms. The number of hydrogen-bond acceptors (Lipinski definition) is 3. The van der Waals surface area contributed by atoms with Crippen LogP contribution in [0.4, 0.5) is 10.5 Å². The first-order chi connectivity index (χ1) is 11.5. The van der Waals surface area contributed by atoms with Gasteiger partial charge in [-0.25, -0.2) is 4.79 Å². The minimum atomic E-state index is -0.618. The van der Waals surface area contributed by atoms with E-state index < -0.39 is 6.03 Å². The number of rotatable bonds is 4. The highest BCUT2D eigenvalue weighted by Crippen LogP contribution is 2.26. The lowest BCUT2D eigenvalue weighted by molar-refractivity contribution is 0.0925. The van der Waals surface area contributed by atoms with E-state index in [-0.39, 0.29) is 11.7 Å².